The summed E-state index contributed by atoms with van der Waals surface area (Å²) in [5, 5.41) is 3.41. The first-order valence-corrected chi connectivity index (χ1v) is 10.4. The standard InChI is InChI=1S/C23H19ClN2O2S/c1-28-14-13-26-22(27)21(15-17-8-3-5-11-19(17)24)29-23(26)25-20-12-6-9-16-7-2-4-10-18(16)20/h2-12,15H,13-14H2,1H3/b21-15+,25-23?. The molecule has 0 bridgehead atoms. The fourth-order valence-corrected chi connectivity index (χ4v) is 4.31. The molecule has 3 aromatic carbocycles. The minimum absolute atomic E-state index is 0.0917. The highest BCUT2D eigenvalue weighted by molar-refractivity contribution is 8.18. The van der Waals surface area contributed by atoms with E-state index in [0.29, 0.717) is 28.2 Å². The van der Waals surface area contributed by atoms with E-state index < -0.39 is 0 Å². The molecule has 0 saturated carbocycles. The second kappa shape index (κ2) is 8.82. The van der Waals surface area contributed by atoms with Crippen LogP contribution in [0.3, 0.4) is 0 Å². The number of rotatable bonds is 5. The van der Waals surface area contributed by atoms with Crippen molar-refractivity contribution in [3.8, 4) is 0 Å². The fourth-order valence-electron chi connectivity index (χ4n) is 3.11. The number of ether oxygens (including phenoxy) is 1. The van der Waals surface area contributed by atoms with Crippen LogP contribution in [-0.2, 0) is 9.53 Å². The molecule has 29 heavy (non-hydrogen) atoms. The molecule has 4 rings (SSSR count). The quantitative estimate of drug-likeness (QED) is 0.492. The largest absolute Gasteiger partial charge is 0.383 e. The third-order valence-corrected chi connectivity index (χ3v) is 5.93. The summed E-state index contributed by atoms with van der Waals surface area (Å²) in [6.07, 6.45) is 1.82. The van der Waals surface area contributed by atoms with Crippen molar-refractivity contribution >= 4 is 57.0 Å². The molecule has 1 amide bonds. The van der Waals surface area contributed by atoms with E-state index in [1.54, 1.807) is 12.0 Å². The van der Waals surface area contributed by atoms with Gasteiger partial charge >= 0.3 is 0 Å². The van der Waals surface area contributed by atoms with Gasteiger partial charge in [0.25, 0.3) is 5.91 Å². The molecule has 0 radical (unpaired) electrons. The third kappa shape index (κ3) is 4.22. The van der Waals surface area contributed by atoms with E-state index in [1.807, 2.05) is 60.7 Å². The molecule has 0 spiro atoms. The molecule has 1 aliphatic heterocycles. The lowest BCUT2D eigenvalue weighted by molar-refractivity contribution is -0.122. The summed E-state index contributed by atoms with van der Waals surface area (Å²) in [5.74, 6) is -0.0917. The van der Waals surface area contributed by atoms with Crippen LogP contribution in [0.1, 0.15) is 5.56 Å². The monoisotopic (exact) mass is 422 g/mol. The van der Waals surface area contributed by atoms with Gasteiger partial charge in [0, 0.05) is 17.5 Å². The van der Waals surface area contributed by atoms with Gasteiger partial charge in [-0.1, -0.05) is 66.2 Å². The fraction of sp³-hybridized carbons (Fsp3) is 0.130. The number of aliphatic imine (C=N–C) groups is 1. The lowest BCUT2D eigenvalue weighted by Gasteiger charge is -2.15. The molecule has 6 heteroatoms. The molecule has 1 heterocycles. The summed E-state index contributed by atoms with van der Waals surface area (Å²) in [4.78, 5) is 20.1. The molecule has 3 aromatic rings. The zero-order chi connectivity index (χ0) is 20.2. The summed E-state index contributed by atoms with van der Waals surface area (Å²) in [6, 6.07) is 21.5. The third-order valence-electron chi connectivity index (χ3n) is 4.58. The second-order valence-electron chi connectivity index (χ2n) is 6.47. The van der Waals surface area contributed by atoms with Gasteiger partial charge in [0.1, 0.15) is 0 Å². The Morgan fingerprint density at radius 2 is 1.83 bits per heavy atom. The van der Waals surface area contributed by atoms with E-state index in [4.69, 9.17) is 21.3 Å². The molecule has 146 valence electrons. The predicted octanol–water partition coefficient (Wildman–Crippen LogP) is 5.74. The van der Waals surface area contributed by atoms with Gasteiger partial charge in [0.05, 0.1) is 23.7 Å². The minimum atomic E-state index is -0.0917. The number of methoxy groups -OCH3 is 1. The van der Waals surface area contributed by atoms with Crippen molar-refractivity contribution in [3.63, 3.8) is 0 Å². The number of hydrogen-bond acceptors (Lipinski definition) is 4. The van der Waals surface area contributed by atoms with E-state index in [0.717, 1.165) is 22.0 Å². The molecule has 4 nitrogen and oxygen atoms in total. The zero-order valence-electron chi connectivity index (χ0n) is 15.8. The number of fused-ring (bicyclic) bond motifs is 1. The first-order valence-electron chi connectivity index (χ1n) is 9.19. The highest BCUT2D eigenvalue weighted by Gasteiger charge is 2.33. The van der Waals surface area contributed by atoms with Gasteiger partial charge in [-0.3, -0.25) is 9.69 Å². The number of hydrogen-bond donors (Lipinski definition) is 0. The summed E-state index contributed by atoms with van der Waals surface area (Å²) in [7, 11) is 1.62. The van der Waals surface area contributed by atoms with Gasteiger partial charge in [-0.15, -0.1) is 0 Å². The average Bonchev–Trinajstić information content (AvgIpc) is 3.02. The van der Waals surface area contributed by atoms with Gasteiger partial charge in [0.15, 0.2) is 5.17 Å². The Morgan fingerprint density at radius 3 is 2.66 bits per heavy atom. The molecular formula is C23H19ClN2O2S. The summed E-state index contributed by atoms with van der Waals surface area (Å²) in [6.45, 7) is 0.867. The Bertz CT molecular complexity index is 1120. The molecule has 0 unspecified atom stereocenters. The van der Waals surface area contributed by atoms with E-state index in [2.05, 4.69) is 12.1 Å². The number of carbonyl (C=O) groups is 1. The number of nitrogens with zero attached hydrogens (tertiary/aromatic N) is 2. The van der Waals surface area contributed by atoms with Crippen molar-refractivity contribution in [1.82, 2.24) is 4.90 Å². The van der Waals surface area contributed by atoms with Gasteiger partial charge < -0.3 is 4.74 Å². The van der Waals surface area contributed by atoms with Crippen molar-refractivity contribution in [2.24, 2.45) is 4.99 Å². The average molecular weight is 423 g/mol. The first kappa shape index (κ1) is 19.7. The highest BCUT2D eigenvalue weighted by atomic mass is 35.5. The van der Waals surface area contributed by atoms with Crippen LogP contribution in [0.15, 0.2) is 76.6 Å². The van der Waals surface area contributed by atoms with Crippen molar-refractivity contribution in [2.75, 3.05) is 20.3 Å². The van der Waals surface area contributed by atoms with Crippen LogP contribution >= 0.6 is 23.4 Å². The SMILES string of the molecule is COCCN1C(=O)/C(=C\c2ccccc2Cl)SC1=Nc1cccc2ccccc12. The number of halogens is 1. The molecule has 0 N–H and O–H groups in total. The molecule has 0 atom stereocenters. The van der Waals surface area contributed by atoms with Gasteiger partial charge in [0.2, 0.25) is 0 Å². The number of benzene rings is 3. The zero-order valence-corrected chi connectivity index (χ0v) is 17.4. The molecule has 1 fully saturated rings. The number of carbonyl (C=O) groups excluding carboxylic acids is 1. The topological polar surface area (TPSA) is 41.9 Å². The van der Waals surface area contributed by atoms with Crippen molar-refractivity contribution in [2.45, 2.75) is 0 Å². The van der Waals surface area contributed by atoms with Crippen LogP contribution in [0.5, 0.6) is 0 Å². The van der Waals surface area contributed by atoms with Crippen LogP contribution < -0.4 is 0 Å². The Balaban J connectivity index is 1.75. The summed E-state index contributed by atoms with van der Waals surface area (Å²) in [5.41, 5.74) is 1.64. The van der Waals surface area contributed by atoms with E-state index in [9.17, 15) is 4.79 Å². The molecule has 1 aliphatic rings. The number of amidine groups is 1. The first-order chi connectivity index (χ1) is 14.2. The lowest BCUT2D eigenvalue weighted by Crippen LogP contribution is -2.32. The highest BCUT2D eigenvalue weighted by Crippen LogP contribution is 2.36. The summed E-state index contributed by atoms with van der Waals surface area (Å²) >= 11 is 7.63. The second-order valence-corrected chi connectivity index (χ2v) is 7.89. The van der Waals surface area contributed by atoms with Crippen LogP contribution in [0.25, 0.3) is 16.8 Å². The van der Waals surface area contributed by atoms with Crippen LogP contribution in [-0.4, -0.2) is 36.2 Å². The molecule has 1 saturated heterocycles. The van der Waals surface area contributed by atoms with Crippen LogP contribution in [0.4, 0.5) is 5.69 Å². The van der Waals surface area contributed by atoms with Crippen LogP contribution in [0.2, 0.25) is 5.02 Å². The minimum Gasteiger partial charge on any atom is -0.383 e. The number of amides is 1. The van der Waals surface area contributed by atoms with E-state index in [1.165, 1.54) is 11.8 Å². The van der Waals surface area contributed by atoms with Gasteiger partial charge in [-0.2, -0.15) is 0 Å². The van der Waals surface area contributed by atoms with E-state index in [-0.39, 0.29) is 5.91 Å². The molecule has 0 aromatic heterocycles. The maximum Gasteiger partial charge on any atom is 0.266 e. The van der Waals surface area contributed by atoms with E-state index >= 15 is 0 Å². The smallest absolute Gasteiger partial charge is 0.266 e. The normalized spacial score (nSPS) is 17.0. The van der Waals surface area contributed by atoms with Gasteiger partial charge in [-0.25, -0.2) is 4.99 Å². The predicted molar refractivity (Wildman–Crippen MR) is 122 cm³/mol. The lowest BCUT2D eigenvalue weighted by atomic mass is 10.1. The molecular weight excluding hydrogens is 404 g/mol. The molecule has 0 aliphatic carbocycles. The Labute approximate surface area is 178 Å². The Kier molecular flexibility index (Phi) is 6.00. The van der Waals surface area contributed by atoms with Crippen molar-refractivity contribution < 1.29 is 9.53 Å². The van der Waals surface area contributed by atoms with Crippen LogP contribution in [0, 0.1) is 0 Å². The van der Waals surface area contributed by atoms with Crippen molar-refractivity contribution in [1.29, 1.82) is 0 Å². The van der Waals surface area contributed by atoms with Crippen molar-refractivity contribution in [3.05, 3.63) is 82.2 Å². The maximum absolute atomic E-state index is 13.0. The Morgan fingerprint density at radius 1 is 1.07 bits per heavy atom. The van der Waals surface area contributed by atoms with Gasteiger partial charge in [-0.05, 0) is 40.9 Å². The maximum atomic E-state index is 13.0. The summed E-state index contributed by atoms with van der Waals surface area (Å²) < 4.78 is 5.19. The number of thioether (sulfide) groups is 1. The Hall–Kier alpha value is -2.60.